The van der Waals surface area contributed by atoms with Crippen molar-refractivity contribution in [1.29, 1.82) is 0 Å². The van der Waals surface area contributed by atoms with Crippen molar-refractivity contribution in [3.05, 3.63) is 17.8 Å². The summed E-state index contributed by atoms with van der Waals surface area (Å²) < 4.78 is 5.59. The third kappa shape index (κ3) is 1.87. The fourth-order valence-electron chi connectivity index (χ4n) is 2.55. The minimum Gasteiger partial charge on any atom is -0.448 e. The van der Waals surface area contributed by atoms with Crippen molar-refractivity contribution in [2.24, 2.45) is 0 Å². The molecule has 0 spiro atoms. The molecule has 0 bridgehead atoms. The summed E-state index contributed by atoms with van der Waals surface area (Å²) in [6.07, 6.45) is 4.39. The molecule has 3 heterocycles. The Bertz CT molecular complexity index is 359. The van der Waals surface area contributed by atoms with Gasteiger partial charge in [0, 0.05) is 25.6 Å². The van der Waals surface area contributed by atoms with Crippen LogP contribution >= 0.6 is 0 Å². The first-order valence-corrected chi connectivity index (χ1v) is 6.17. The minimum absolute atomic E-state index is 0.509. The molecule has 1 aromatic rings. The second-order valence-electron chi connectivity index (χ2n) is 5.07. The Morgan fingerprint density at radius 2 is 2.31 bits per heavy atom. The number of hydrogen-bond donors (Lipinski definition) is 1. The van der Waals surface area contributed by atoms with Gasteiger partial charge in [-0.25, -0.2) is 4.98 Å². The Kier molecular flexibility index (Phi) is 2.69. The summed E-state index contributed by atoms with van der Waals surface area (Å²) in [5.74, 6) is 2.02. The Hall–Kier alpha value is -0.870. The number of aromatic nitrogens is 1. The molecule has 88 valence electrons. The molecule has 0 saturated carbocycles. The van der Waals surface area contributed by atoms with E-state index in [1.807, 2.05) is 6.26 Å². The monoisotopic (exact) mass is 221 g/mol. The first-order chi connectivity index (χ1) is 7.83. The standard InChI is InChI=1S/C12H19N3O/c1-15-4-2-3-9(7-15)11-8-16-12(14-11)10-5-13-6-10/h8-10,13H,2-7H2,1H3. The second kappa shape index (κ2) is 4.18. The van der Waals surface area contributed by atoms with Crippen molar-refractivity contribution in [1.82, 2.24) is 15.2 Å². The predicted octanol–water partition coefficient (Wildman–Crippen LogP) is 1.17. The molecule has 1 N–H and O–H groups in total. The SMILES string of the molecule is CN1CCCC(c2coc(C3CNC3)n2)C1. The lowest BCUT2D eigenvalue weighted by Gasteiger charge is -2.28. The number of nitrogens with zero attached hydrogens (tertiary/aromatic N) is 2. The highest BCUT2D eigenvalue weighted by Gasteiger charge is 2.27. The van der Waals surface area contributed by atoms with Gasteiger partial charge in [0.15, 0.2) is 5.89 Å². The van der Waals surface area contributed by atoms with Crippen LogP contribution in [0.4, 0.5) is 0 Å². The van der Waals surface area contributed by atoms with E-state index in [9.17, 15) is 0 Å². The number of likely N-dealkylation sites (tertiary alicyclic amines) is 1. The molecule has 2 saturated heterocycles. The van der Waals surface area contributed by atoms with Gasteiger partial charge in [0.2, 0.25) is 0 Å². The van der Waals surface area contributed by atoms with Gasteiger partial charge < -0.3 is 14.6 Å². The Morgan fingerprint density at radius 3 is 3.00 bits per heavy atom. The molecule has 0 amide bonds. The largest absolute Gasteiger partial charge is 0.448 e. The van der Waals surface area contributed by atoms with E-state index in [1.54, 1.807) is 0 Å². The van der Waals surface area contributed by atoms with Crippen LogP contribution in [-0.2, 0) is 0 Å². The summed E-state index contributed by atoms with van der Waals surface area (Å²) in [5.41, 5.74) is 1.16. The van der Waals surface area contributed by atoms with Gasteiger partial charge in [0.25, 0.3) is 0 Å². The molecule has 2 aliphatic rings. The van der Waals surface area contributed by atoms with Gasteiger partial charge in [0.1, 0.15) is 6.26 Å². The molecule has 1 atom stereocenters. The Balaban J connectivity index is 1.70. The van der Waals surface area contributed by atoms with Gasteiger partial charge in [0.05, 0.1) is 11.6 Å². The summed E-state index contributed by atoms with van der Waals surface area (Å²) >= 11 is 0. The van der Waals surface area contributed by atoms with Crippen LogP contribution in [0.5, 0.6) is 0 Å². The van der Waals surface area contributed by atoms with Crippen LogP contribution in [0.3, 0.4) is 0 Å². The molecular weight excluding hydrogens is 202 g/mol. The quantitative estimate of drug-likeness (QED) is 0.814. The van der Waals surface area contributed by atoms with Crippen molar-refractivity contribution in [2.75, 3.05) is 33.2 Å². The van der Waals surface area contributed by atoms with Crippen LogP contribution in [0, 0.1) is 0 Å². The van der Waals surface area contributed by atoms with E-state index in [0.29, 0.717) is 11.8 Å². The molecule has 2 aliphatic heterocycles. The number of hydrogen-bond acceptors (Lipinski definition) is 4. The lowest BCUT2D eigenvalue weighted by atomic mass is 9.96. The molecule has 2 fully saturated rings. The number of rotatable bonds is 2. The third-order valence-corrected chi connectivity index (χ3v) is 3.71. The van der Waals surface area contributed by atoms with Gasteiger partial charge in [-0.05, 0) is 26.4 Å². The summed E-state index contributed by atoms with van der Waals surface area (Å²) in [5, 5.41) is 3.25. The molecule has 0 aliphatic carbocycles. The summed E-state index contributed by atoms with van der Waals surface area (Å²) in [7, 11) is 2.18. The highest BCUT2D eigenvalue weighted by Crippen LogP contribution is 2.28. The molecule has 0 aromatic carbocycles. The Morgan fingerprint density at radius 1 is 1.44 bits per heavy atom. The fraction of sp³-hybridized carbons (Fsp3) is 0.750. The topological polar surface area (TPSA) is 41.3 Å². The van der Waals surface area contributed by atoms with E-state index >= 15 is 0 Å². The second-order valence-corrected chi connectivity index (χ2v) is 5.07. The van der Waals surface area contributed by atoms with E-state index in [4.69, 9.17) is 4.42 Å². The van der Waals surface area contributed by atoms with Gasteiger partial charge in [-0.1, -0.05) is 0 Å². The van der Waals surface area contributed by atoms with Gasteiger partial charge >= 0.3 is 0 Å². The summed E-state index contributed by atoms with van der Waals surface area (Å²) in [6, 6.07) is 0. The maximum Gasteiger partial charge on any atom is 0.199 e. The molecule has 4 nitrogen and oxygen atoms in total. The van der Waals surface area contributed by atoms with Gasteiger partial charge in [-0.2, -0.15) is 0 Å². The maximum atomic E-state index is 5.59. The van der Waals surface area contributed by atoms with Gasteiger partial charge in [-0.15, -0.1) is 0 Å². The molecule has 1 aromatic heterocycles. The zero-order valence-electron chi connectivity index (χ0n) is 9.78. The number of likely N-dealkylation sites (N-methyl/N-ethyl adjacent to an activating group) is 1. The van der Waals surface area contributed by atoms with Crippen molar-refractivity contribution in [3.8, 4) is 0 Å². The number of oxazole rings is 1. The molecule has 3 rings (SSSR count). The van der Waals surface area contributed by atoms with E-state index < -0.39 is 0 Å². The van der Waals surface area contributed by atoms with Crippen molar-refractivity contribution in [2.45, 2.75) is 24.7 Å². The van der Waals surface area contributed by atoms with Crippen molar-refractivity contribution < 1.29 is 4.42 Å². The molecule has 4 heteroatoms. The first kappa shape index (κ1) is 10.3. The normalized spacial score (nSPS) is 27.9. The van der Waals surface area contributed by atoms with E-state index in [1.165, 1.54) is 19.4 Å². The van der Waals surface area contributed by atoms with Crippen molar-refractivity contribution >= 4 is 0 Å². The molecule has 0 radical (unpaired) electrons. The summed E-state index contributed by atoms with van der Waals surface area (Å²) in [4.78, 5) is 7.04. The minimum atomic E-state index is 0.509. The van der Waals surface area contributed by atoms with E-state index in [0.717, 1.165) is 31.2 Å². The third-order valence-electron chi connectivity index (χ3n) is 3.71. The average Bonchev–Trinajstić information content (AvgIpc) is 2.64. The highest BCUT2D eigenvalue weighted by atomic mass is 16.3. The highest BCUT2D eigenvalue weighted by molar-refractivity contribution is 5.10. The van der Waals surface area contributed by atoms with Gasteiger partial charge in [-0.3, -0.25) is 0 Å². The van der Waals surface area contributed by atoms with E-state index in [-0.39, 0.29) is 0 Å². The Labute approximate surface area is 96.0 Å². The molecule has 1 unspecified atom stereocenters. The van der Waals surface area contributed by atoms with E-state index in [2.05, 4.69) is 22.2 Å². The van der Waals surface area contributed by atoms with Crippen LogP contribution in [-0.4, -0.2) is 43.1 Å². The number of piperidine rings is 1. The van der Waals surface area contributed by atoms with Crippen LogP contribution in [0.2, 0.25) is 0 Å². The lowest BCUT2D eigenvalue weighted by Crippen LogP contribution is -2.40. The van der Waals surface area contributed by atoms with Crippen molar-refractivity contribution in [3.63, 3.8) is 0 Å². The van der Waals surface area contributed by atoms with Crippen LogP contribution in [0.15, 0.2) is 10.7 Å². The fourth-order valence-corrected chi connectivity index (χ4v) is 2.55. The average molecular weight is 221 g/mol. The predicted molar refractivity (Wildman–Crippen MR) is 61.6 cm³/mol. The zero-order chi connectivity index (χ0) is 11.0. The smallest absolute Gasteiger partial charge is 0.199 e. The lowest BCUT2D eigenvalue weighted by molar-refractivity contribution is 0.248. The maximum absolute atomic E-state index is 5.59. The molecule has 16 heavy (non-hydrogen) atoms. The number of nitrogens with one attached hydrogen (secondary N) is 1. The van der Waals surface area contributed by atoms with Crippen LogP contribution in [0.1, 0.15) is 36.3 Å². The summed E-state index contributed by atoms with van der Waals surface area (Å²) in [6.45, 7) is 4.37. The first-order valence-electron chi connectivity index (χ1n) is 6.17. The van der Waals surface area contributed by atoms with Crippen LogP contribution < -0.4 is 5.32 Å². The molecular formula is C12H19N3O. The zero-order valence-corrected chi connectivity index (χ0v) is 9.78. The van der Waals surface area contributed by atoms with Crippen LogP contribution in [0.25, 0.3) is 0 Å².